The fourth-order valence-corrected chi connectivity index (χ4v) is 2.19. The highest BCUT2D eigenvalue weighted by Crippen LogP contribution is 2.21. The number of ether oxygens (including phenoxy) is 1. The maximum absolute atomic E-state index is 11.9. The van der Waals surface area contributed by atoms with Crippen LogP contribution in [0.4, 0.5) is 5.69 Å². The van der Waals surface area contributed by atoms with E-state index in [-0.39, 0.29) is 18.5 Å². The van der Waals surface area contributed by atoms with Crippen LogP contribution < -0.4 is 11.1 Å². The number of anilines is 1. The summed E-state index contributed by atoms with van der Waals surface area (Å²) < 4.78 is 6.85. The second-order valence-electron chi connectivity index (χ2n) is 4.65. The summed E-state index contributed by atoms with van der Waals surface area (Å²) in [6, 6.07) is 7.68. The molecule has 1 aromatic heterocycles. The van der Waals surface area contributed by atoms with Gasteiger partial charge in [0.15, 0.2) is 0 Å². The molecule has 1 unspecified atom stereocenters. The van der Waals surface area contributed by atoms with Crippen LogP contribution >= 0.6 is 0 Å². The Morgan fingerprint density at radius 3 is 3.00 bits per heavy atom. The molecule has 1 amide bonds. The Hall–Kier alpha value is -2.01. The molecule has 2 rings (SSSR count). The molecule has 0 saturated heterocycles. The highest BCUT2D eigenvalue weighted by Gasteiger charge is 2.10. The van der Waals surface area contributed by atoms with E-state index >= 15 is 0 Å². The maximum atomic E-state index is 11.9. The number of nitrogens with zero attached hydrogens (tertiary/aromatic N) is 1. The number of amides is 1. The predicted molar refractivity (Wildman–Crippen MR) is 75.8 cm³/mol. The first-order valence-electron chi connectivity index (χ1n) is 6.23. The number of nitrogen functional groups attached to an aromatic ring is 1. The average molecular weight is 261 g/mol. The van der Waals surface area contributed by atoms with E-state index in [4.69, 9.17) is 10.5 Å². The van der Waals surface area contributed by atoms with Crippen molar-refractivity contribution in [3.63, 3.8) is 0 Å². The first kappa shape index (κ1) is 13.4. The molecule has 0 saturated carbocycles. The van der Waals surface area contributed by atoms with E-state index in [1.54, 1.807) is 7.11 Å². The van der Waals surface area contributed by atoms with Crippen molar-refractivity contribution in [2.24, 2.45) is 0 Å². The normalized spacial score (nSPS) is 12.5. The fourth-order valence-electron chi connectivity index (χ4n) is 2.19. The van der Waals surface area contributed by atoms with Crippen molar-refractivity contribution in [3.05, 3.63) is 30.5 Å². The molecule has 1 aromatic carbocycles. The van der Waals surface area contributed by atoms with Crippen LogP contribution in [0, 0.1) is 0 Å². The van der Waals surface area contributed by atoms with Gasteiger partial charge in [0.25, 0.3) is 0 Å². The molecule has 2 aromatic rings. The van der Waals surface area contributed by atoms with E-state index in [1.807, 2.05) is 42.0 Å². The van der Waals surface area contributed by atoms with E-state index in [1.165, 1.54) is 0 Å². The van der Waals surface area contributed by atoms with Crippen LogP contribution in [0.5, 0.6) is 0 Å². The van der Waals surface area contributed by atoms with Gasteiger partial charge in [0, 0.05) is 24.7 Å². The third-order valence-corrected chi connectivity index (χ3v) is 2.96. The van der Waals surface area contributed by atoms with E-state index in [2.05, 4.69) is 5.32 Å². The lowest BCUT2D eigenvalue weighted by atomic mass is 10.2. The van der Waals surface area contributed by atoms with Gasteiger partial charge in [0.1, 0.15) is 6.54 Å². The van der Waals surface area contributed by atoms with Crippen LogP contribution in [-0.2, 0) is 16.1 Å². The Bertz CT molecular complexity index is 577. The number of benzene rings is 1. The van der Waals surface area contributed by atoms with Gasteiger partial charge in [-0.2, -0.15) is 0 Å². The number of hydrogen-bond donors (Lipinski definition) is 2. The molecule has 5 heteroatoms. The first-order chi connectivity index (χ1) is 9.11. The molecule has 0 spiro atoms. The fraction of sp³-hybridized carbons (Fsp3) is 0.357. The molecule has 0 aliphatic heterocycles. The minimum Gasteiger partial charge on any atom is -0.397 e. The van der Waals surface area contributed by atoms with Crippen molar-refractivity contribution >= 4 is 22.5 Å². The van der Waals surface area contributed by atoms with Crippen molar-refractivity contribution in [1.29, 1.82) is 0 Å². The molecule has 19 heavy (non-hydrogen) atoms. The minimum atomic E-state index is -0.0506. The highest BCUT2D eigenvalue weighted by atomic mass is 16.5. The maximum Gasteiger partial charge on any atom is 0.240 e. The van der Waals surface area contributed by atoms with Gasteiger partial charge in [-0.1, -0.05) is 12.1 Å². The van der Waals surface area contributed by atoms with Gasteiger partial charge in [-0.25, -0.2) is 0 Å². The molecule has 0 aliphatic rings. The summed E-state index contributed by atoms with van der Waals surface area (Å²) in [6.45, 7) is 2.66. The molecule has 5 nitrogen and oxygen atoms in total. The van der Waals surface area contributed by atoms with Gasteiger partial charge in [0.05, 0.1) is 17.8 Å². The molecule has 0 bridgehead atoms. The third kappa shape index (κ3) is 3.06. The number of nitrogens with one attached hydrogen (secondary N) is 1. The molecule has 3 N–H and O–H groups in total. The summed E-state index contributed by atoms with van der Waals surface area (Å²) in [5.41, 5.74) is 7.53. The Kier molecular flexibility index (Phi) is 4.06. The van der Waals surface area contributed by atoms with Crippen LogP contribution in [0.25, 0.3) is 10.9 Å². The summed E-state index contributed by atoms with van der Waals surface area (Å²) in [4.78, 5) is 11.9. The van der Waals surface area contributed by atoms with Crippen LogP contribution in [0.3, 0.4) is 0 Å². The van der Waals surface area contributed by atoms with Gasteiger partial charge in [-0.3, -0.25) is 4.79 Å². The monoisotopic (exact) mass is 261 g/mol. The zero-order chi connectivity index (χ0) is 13.8. The zero-order valence-electron chi connectivity index (χ0n) is 11.2. The molecule has 1 atom stereocenters. The predicted octanol–water partition coefficient (Wildman–Crippen LogP) is 1.37. The zero-order valence-corrected chi connectivity index (χ0v) is 11.2. The van der Waals surface area contributed by atoms with Crippen molar-refractivity contribution in [1.82, 2.24) is 9.88 Å². The Morgan fingerprint density at radius 1 is 1.47 bits per heavy atom. The Labute approximate surface area is 112 Å². The standard InChI is InChI=1S/C14H19N3O2/c1-10(9-19-2)16-13(18)8-17-7-6-11-4-3-5-12(15)14(11)17/h3-7,10H,8-9,15H2,1-2H3,(H,16,18). The third-order valence-electron chi connectivity index (χ3n) is 2.96. The van der Waals surface area contributed by atoms with E-state index in [0.717, 1.165) is 10.9 Å². The minimum absolute atomic E-state index is 0.00308. The largest absolute Gasteiger partial charge is 0.397 e. The van der Waals surface area contributed by atoms with Crippen LogP contribution in [0.1, 0.15) is 6.92 Å². The number of fused-ring (bicyclic) bond motifs is 1. The smallest absolute Gasteiger partial charge is 0.240 e. The topological polar surface area (TPSA) is 69.3 Å². The number of rotatable bonds is 5. The number of nitrogens with two attached hydrogens (primary N) is 1. The number of carbonyl (C=O) groups is 1. The second-order valence-corrected chi connectivity index (χ2v) is 4.65. The summed E-state index contributed by atoms with van der Waals surface area (Å²) in [5.74, 6) is -0.0506. The lowest BCUT2D eigenvalue weighted by Gasteiger charge is -2.13. The quantitative estimate of drug-likeness (QED) is 0.799. The molecule has 102 valence electrons. The first-order valence-corrected chi connectivity index (χ1v) is 6.23. The van der Waals surface area contributed by atoms with Gasteiger partial charge < -0.3 is 20.4 Å². The summed E-state index contributed by atoms with van der Waals surface area (Å²) in [5, 5.41) is 3.92. The number of carbonyl (C=O) groups excluding carboxylic acids is 1. The highest BCUT2D eigenvalue weighted by molar-refractivity contribution is 5.91. The van der Waals surface area contributed by atoms with Gasteiger partial charge >= 0.3 is 0 Å². The van der Waals surface area contributed by atoms with E-state index < -0.39 is 0 Å². The summed E-state index contributed by atoms with van der Waals surface area (Å²) in [6.07, 6.45) is 1.88. The molecule has 0 fully saturated rings. The lowest BCUT2D eigenvalue weighted by molar-refractivity contribution is -0.122. The molecule has 1 heterocycles. The van der Waals surface area contributed by atoms with Crippen molar-refractivity contribution in [2.75, 3.05) is 19.5 Å². The molecule has 0 aliphatic carbocycles. The second kappa shape index (κ2) is 5.75. The van der Waals surface area contributed by atoms with Gasteiger partial charge in [-0.05, 0) is 19.1 Å². The average Bonchev–Trinajstić information content (AvgIpc) is 2.74. The Morgan fingerprint density at radius 2 is 2.26 bits per heavy atom. The van der Waals surface area contributed by atoms with Gasteiger partial charge in [0.2, 0.25) is 5.91 Å². The van der Waals surface area contributed by atoms with Gasteiger partial charge in [-0.15, -0.1) is 0 Å². The summed E-state index contributed by atoms with van der Waals surface area (Å²) in [7, 11) is 1.61. The van der Waals surface area contributed by atoms with Crippen LogP contribution in [0.15, 0.2) is 30.5 Å². The number of para-hydroxylation sites is 1. The summed E-state index contributed by atoms with van der Waals surface area (Å²) >= 11 is 0. The van der Waals surface area contributed by atoms with Crippen molar-refractivity contribution < 1.29 is 9.53 Å². The van der Waals surface area contributed by atoms with E-state index in [0.29, 0.717) is 12.3 Å². The van der Waals surface area contributed by atoms with Crippen molar-refractivity contribution in [3.8, 4) is 0 Å². The van der Waals surface area contributed by atoms with E-state index in [9.17, 15) is 4.79 Å². The lowest BCUT2D eigenvalue weighted by Crippen LogP contribution is -2.37. The molecular weight excluding hydrogens is 242 g/mol. The van der Waals surface area contributed by atoms with Crippen molar-refractivity contribution in [2.45, 2.75) is 19.5 Å². The van der Waals surface area contributed by atoms with Crippen LogP contribution in [-0.4, -0.2) is 30.2 Å². The number of hydrogen-bond acceptors (Lipinski definition) is 3. The number of aromatic nitrogens is 1. The molecule has 0 radical (unpaired) electrons. The number of methoxy groups -OCH3 is 1. The Balaban J connectivity index is 2.11. The van der Waals surface area contributed by atoms with Crippen LogP contribution in [0.2, 0.25) is 0 Å². The SMILES string of the molecule is COCC(C)NC(=O)Cn1ccc2cccc(N)c21. The molecular formula is C14H19N3O2.